The molecule has 2 aromatic heterocycles. The highest BCUT2D eigenvalue weighted by atomic mass is 16.5. The molecular weight excluding hydrogens is 300 g/mol. The molecule has 0 aliphatic carbocycles. The Kier molecular flexibility index (Phi) is 3.38. The number of aryl methyl sites for hydroxylation is 1. The molecule has 2 aromatic carbocycles. The van der Waals surface area contributed by atoms with Crippen LogP contribution in [0.3, 0.4) is 0 Å². The van der Waals surface area contributed by atoms with Crippen LogP contribution in [0.1, 0.15) is 5.56 Å². The van der Waals surface area contributed by atoms with Crippen molar-refractivity contribution in [3.63, 3.8) is 0 Å². The lowest BCUT2D eigenvalue weighted by molar-refractivity contribution is 0.355. The Bertz CT molecular complexity index is 1050. The lowest BCUT2D eigenvalue weighted by atomic mass is 9.99. The second-order valence-corrected chi connectivity index (χ2v) is 5.83. The summed E-state index contributed by atoms with van der Waals surface area (Å²) in [4.78, 5) is 7.91. The zero-order chi connectivity index (χ0) is 16.7. The topological polar surface area (TPSA) is 47.1 Å². The largest absolute Gasteiger partial charge is 0.493 e. The van der Waals surface area contributed by atoms with Gasteiger partial charge in [-0.2, -0.15) is 0 Å². The number of nitrogens with one attached hydrogen (secondary N) is 1. The van der Waals surface area contributed by atoms with Crippen LogP contribution in [0.2, 0.25) is 0 Å². The molecular formula is C20H18N2O2. The summed E-state index contributed by atoms with van der Waals surface area (Å²) in [6.45, 7) is 2.06. The van der Waals surface area contributed by atoms with Gasteiger partial charge < -0.3 is 14.5 Å². The summed E-state index contributed by atoms with van der Waals surface area (Å²) < 4.78 is 10.8. The molecule has 0 saturated carbocycles. The molecule has 0 amide bonds. The summed E-state index contributed by atoms with van der Waals surface area (Å²) in [5.74, 6) is 1.45. The highest BCUT2D eigenvalue weighted by molar-refractivity contribution is 6.13. The van der Waals surface area contributed by atoms with Gasteiger partial charge in [0.05, 0.1) is 14.2 Å². The average molecular weight is 318 g/mol. The minimum atomic E-state index is 0.723. The first-order chi connectivity index (χ1) is 11.7. The summed E-state index contributed by atoms with van der Waals surface area (Å²) in [5, 5.41) is 2.31. The van der Waals surface area contributed by atoms with Crippen molar-refractivity contribution in [3.05, 3.63) is 54.2 Å². The molecule has 0 spiro atoms. The van der Waals surface area contributed by atoms with E-state index in [4.69, 9.17) is 9.47 Å². The number of rotatable bonds is 3. The molecule has 4 rings (SSSR count). The van der Waals surface area contributed by atoms with Crippen molar-refractivity contribution in [2.75, 3.05) is 14.2 Å². The van der Waals surface area contributed by atoms with Gasteiger partial charge in [-0.25, -0.2) is 4.98 Å². The molecule has 0 aliphatic rings. The first-order valence-electron chi connectivity index (χ1n) is 7.80. The van der Waals surface area contributed by atoms with Crippen LogP contribution < -0.4 is 9.47 Å². The number of H-pyrrole nitrogens is 1. The van der Waals surface area contributed by atoms with Gasteiger partial charge in [-0.15, -0.1) is 0 Å². The number of aromatic nitrogens is 2. The third-order valence-corrected chi connectivity index (χ3v) is 4.31. The van der Waals surface area contributed by atoms with Gasteiger partial charge in [-0.05, 0) is 47.9 Å². The van der Waals surface area contributed by atoms with Crippen LogP contribution >= 0.6 is 0 Å². The zero-order valence-electron chi connectivity index (χ0n) is 13.9. The Morgan fingerprint density at radius 2 is 1.79 bits per heavy atom. The number of benzene rings is 2. The Hall–Kier alpha value is -3.01. The molecule has 0 aliphatic heterocycles. The fourth-order valence-corrected chi connectivity index (χ4v) is 3.18. The summed E-state index contributed by atoms with van der Waals surface area (Å²) >= 11 is 0. The molecule has 120 valence electrons. The number of methoxy groups -OCH3 is 2. The van der Waals surface area contributed by atoms with Crippen molar-refractivity contribution in [1.29, 1.82) is 0 Å². The summed E-state index contributed by atoms with van der Waals surface area (Å²) in [7, 11) is 3.30. The lowest BCUT2D eigenvalue weighted by Gasteiger charge is -2.10. The third-order valence-electron chi connectivity index (χ3n) is 4.31. The van der Waals surface area contributed by atoms with Gasteiger partial charge in [-0.1, -0.05) is 18.2 Å². The highest BCUT2D eigenvalue weighted by Gasteiger charge is 2.13. The maximum atomic E-state index is 5.45. The van der Waals surface area contributed by atoms with Crippen LogP contribution in [-0.2, 0) is 0 Å². The summed E-state index contributed by atoms with van der Waals surface area (Å²) in [6.07, 6.45) is 1.88. The van der Waals surface area contributed by atoms with Gasteiger partial charge in [0.2, 0.25) is 0 Å². The van der Waals surface area contributed by atoms with Crippen LogP contribution in [0.15, 0.2) is 48.7 Å². The van der Waals surface area contributed by atoms with Gasteiger partial charge in [0.15, 0.2) is 11.5 Å². The molecule has 0 fully saturated rings. The van der Waals surface area contributed by atoms with E-state index in [-0.39, 0.29) is 0 Å². The average Bonchev–Trinajstić information content (AvgIpc) is 2.99. The second-order valence-electron chi connectivity index (χ2n) is 5.83. The summed E-state index contributed by atoms with van der Waals surface area (Å²) in [5.41, 5.74) is 5.36. The Morgan fingerprint density at radius 3 is 2.58 bits per heavy atom. The Morgan fingerprint density at radius 1 is 0.958 bits per heavy atom. The van der Waals surface area contributed by atoms with Crippen molar-refractivity contribution in [3.8, 4) is 22.6 Å². The number of hydrogen-bond donors (Lipinski definition) is 1. The lowest BCUT2D eigenvalue weighted by Crippen LogP contribution is -1.91. The minimum Gasteiger partial charge on any atom is -0.493 e. The van der Waals surface area contributed by atoms with E-state index in [1.807, 2.05) is 18.3 Å². The fourth-order valence-electron chi connectivity index (χ4n) is 3.18. The molecule has 1 N–H and O–H groups in total. The number of aromatic amines is 1. The van der Waals surface area contributed by atoms with E-state index in [9.17, 15) is 0 Å². The monoisotopic (exact) mass is 318 g/mol. The smallest absolute Gasteiger partial charge is 0.161 e. The highest BCUT2D eigenvalue weighted by Crippen LogP contribution is 2.38. The molecule has 0 saturated heterocycles. The number of hydrogen-bond acceptors (Lipinski definition) is 3. The molecule has 2 heterocycles. The van der Waals surface area contributed by atoms with Crippen LogP contribution in [0, 0.1) is 6.92 Å². The van der Waals surface area contributed by atoms with Crippen LogP contribution in [0.4, 0.5) is 0 Å². The number of fused-ring (bicyclic) bond motifs is 3. The van der Waals surface area contributed by atoms with Gasteiger partial charge in [-0.3, -0.25) is 0 Å². The quantitative estimate of drug-likeness (QED) is 0.595. The zero-order valence-corrected chi connectivity index (χ0v) is 13.9. The molecule has 0 unspecified atom stereocenters. The van der Waals surface area contributed by atoms with E-state index in [1.165, 1.54) is 5.39 Å². The number of pyridine rings is 1. The minimum absolute atomic E-state index is 0.723. The van der Waals surface area contributed by atoms with Gasteiger partial charge in [0, 0.05) is 22.5 Å². The molecule has 0 radical (unpaired) electrons. The number of ether oxygens (including phenoxy) is 2. The van der Waals surface area contributed by atoms with E-state index in [0.717, 1.165) is 44.7 Å². The maximum absolute atomic E-state index is 5.45. The Balaban J connectivity index is 2.03. The van der Waals surface area contributed by atoms with Crippen LogP contribution in [0.25, 0.3) is 33.1 Å². The fraction of sp³-hybridized carbons (Fsp3) is 0.150. The second kappa shape index (κ2) is 5.57. The van der Waals surface area contributed by atoms with Crippen LogP contribution in [-0.4, -0.2) is 24.2 Å². The predicted molar refractivity (Wildman–Crippen MR) is 96.9 cm³/mol. The van der Waals surface area contributed by atoms with E-state index in [2.05, 4.69) is 47.2 Å². The van der Waals surface area contributed by atoms with Gasteiger partial charge in [0.25, 0.3) is 0 Å². The Labute approximate surface area is 140 Å². The van der Waals surface area contributed by atoms with E-state index in [0.29, 0.717) is 0 Å². The summed E-state index contributed by atoms with van der Waals surface area (Å²) in [6, 6.07) is 14.4. The van der Waals surface area contributed by atoms with Crippen molar-refractivity contribution in [2.24, 2.45) is 0 Å². The maximum Gasteiger partial charge on any atom is 0.161 e. The van der Waals surface area contributed by atoms with Crippen molar-refractivity contribution in [1.82, 2.24) is 9.97 Å². The molecule has 4 heteroatoms. The van der Waals surface area contributed by atoms with E-state index >= 15 is 0 Å². The van der Waals surface area contributed by atoms with E-state index < -0.39 is 0 Å². The molecule has 4 aromatic rings. The van der Waals surface area contributed by atoms with Crippen molar-refractivity contribution < 1.29 is 9.47 Å². The van der Waals surface area contributed by atoms with E-state index in [1.54, 1.807) is 14.2 Å². The van der Waals surface area contributed by atoms with Gasteiger partial charge in [0.1, 0.15) is 5.65 Å². The first kappa shape index (κ1) is 14.6. The molecule has 4 nitrogen and oxygen atoms in total. The SMILES string of the molecule is COc1ccc(-c2cccc3[nH]c4ncc(C)cc4c23)cc1OC. The van der Waals surface area contributed by atoms with Crippen molar-refractivity contribution in [2.45, 2.75) is 6.92 Å². The third kappa shape index (κ3) is 2.19. The van der Waals surface area contributed by atoms with Gasteiger partial charge >= 0.3 is 0 Å². The normalized spacial score (nSPS) is 11.1. The molecule has 0 bridgehead atoms. The predicted octanol–water partition coefficient (Wildman–Crippen LogP) is 4.71. The first-order valence-corrected chi connectivity index (χ1v) is 7.80. The number of nitrogens with zero attached hydrogens (tertiary/aromatic N) is 1. The van der Waals surface area contributed by atoms with Crippen LogP contribution in [0.5, 0.6) is 11.5 Å². The standard InChI is InChI=1S/C20H18N2O2/c1-12-9-15-19-14(5-4-6-16(19)22-20(15)21-11-12)13-7-8-17(23-2)18(10-13)24-3/h4-11H,1-3H3,(H,21,22). The molecule has 0 atom stereocenters. The van der Waals surface area contributed by atoms with Crippen molar-refractivity contribution >= 4 is 21.9 Å². The molecule has 24 heavy (non-hydrogen) atoms.